The Labute approximate surface area is 120 Å². The summed E-state index contributed by atoms with van der Waals surface area (Å²) in [6.07, 6.45) is 0. The average Bonchev–Trinajstić information content (AvgIpc) is 2.48. The van der Waals surface area contributed by atoms with Crippen LogP contribution >= 0.6 is 0 Å². The lowest BCUT2D eigenvalue weighted by Gasteiger charge is -2.08. The van der Waals surface area contributed by atoms with Crippen molar-refractivity contribution < 1.29 is 18.7 Å². The lowest BCUT2D eigenvalue weighted by Crippen LogP contribution is -2.13. The number of hydrogen-bond acceptors (Lipinski definition) is 2. The molecule has 1 amide bonds. The maximum absolute atomic E-state index is 13.2. The molecule has 0 spiro atoms. The molecule has 2 aromatic rings. The van der Waals surface area contributed by atoms with E-state index in [2.05, 4.69) is 17.2 Å². The van der Waals surface area contributed by atoms with Gasteiger partial charge < -0.3 is 10.4 Å². The van der Waals surface area contributed by atoms with Crippen LogP contribution in [0, 0.1) is 23.5 Å². The third-order valence-corrected chi connectivity index (χ3v) is 2.64. The summed E-state index contributed by atoms with van der Waals surface area (Å²) >= 11 is 0. The fraction of sp³-hybridized carbons (Fsp3) is 0.0625. The lowest BCUT2D eigenvalue weighted by atomic mass is 10.1. The Morgan fingerprint density at radius 3 is 2.43 bits per heavy atom. The van der Waals surface area contributed by atoms with E-state index < -0.39 is 17.5 Å². The average molecular weight is 287 g/mol. The van der Waals surface area contributed by atoms with E-state index in [1.54, 1.807) is 0 Å². The van der Waals surface area contributed by atoms with Gasteiger partial charge in [0, 0.05) is 5.56 Å². The number of carbonyl (C=O) groups excluding carboxylic acids is 1. The van der Waals surface area contributed by atoms with Crippen LogP contribution in [-0.2, 0) is 0 Å². The van der Waals surface area contributed by atoms with E-state index in [0.29, 0.717) is 5.69 Å². The second-order valence-electron chi connectivity index (χ2n) is 4.11. The SMILES string of the molecule is O=C(Nc1ccc(F)cc1C#CCO)c1ccc(F)cc1. The number of amides is 1. The largest absolute Gasteiger partial charge is 0.384 e. The van der Waals surface area contributed by atoms with Crippen molar-refractivity contribution in [2.75, 3.05) is 11.9 Å². The minimum absolute atomic E-state index is 0.250. The van der Waals surface area contributed by atoms with Crippen LogP contribution in [0.15, 0.2) is 42.5 Å². The van der Waals surface area contributed by atoms with Gasteiger partial charge >= 0.3 is 0 Å². The fourth-order valence-electron chi connectivity index (χ4n) is 1.66. The second kappa shape index (κ2) is 6.64. The first-order valence-corrected chi connectivity index (χ1v) is 6.06. The zero-order valence-corrected chi connectivity index (χ0v) is 10.9. The number of rotatable bonds is 2. The van der Waals surface area contributed by atoms with Gasteiger partial charge in [-0.1, -0.05) is 11.8 Å². The highest BCUT2D eigenvalue weighted by molar-refractivity contribution is 6.04. The van der Waals surface area contributed by atoms with E-state index in [1.807, 2.05) is 0 Å². The molecule has 0 aliphatic carbocycles. The minimum Gasteiger partial charge on any atom is -0.384 e. The number of anilines is 1. The summed E-state index contributed by atoms with van der Waals surface area (Å²) in [6, 6.07) is 8.74. The molecule has 0 aliphatic rings. The Kier molecular flexibility index (Phi) is 4.64. The van der Waals surface area contributed by atoms with Crippen LogP contribution in [-0.4, -0.2) is 17.6 Å². The highest BCUT2D eigenvalue weighted by atomic mass is 19.1. The van der Waals surface area contributed by atoms with E-state index in [-0.39, 0.29) is 17.7 Å². The summed E-state index contributed by atoms with van der Waals surface area (Å²) < 4.78 is 26.0. The molecule has 2 rings (SSSR count). The number of hydrogen-bond donors (Lipinski definition) is 2. The van der Waals surface area contributed by atoms with Gasteiger partial charge in [0.15, 0.2) is 0 Å². The number of aliphatic hydroxyl groups excluding tert-OH is 1. The molecule has 0 saturated carbocycles. The van der Waals surface area contributed by atoms with E-state index >= 15 is 0 Å². The molecule has 0 radical (unpaired) electrons. The van der Waals surface area contributed by atoms with Crippen molar-refractivity contribution in [2.45, 2.75) is 0 Å². The quantitative estimate of drug-likeness (QED) is 0.834. The van der Waals surface area contributed by atoms with Crippen molar-refractivity contribution in [3.8, 4) is 11.8 Å². The number of halogens is 2. The lowest BCUT2D eigenvalue weighted by molar-refractivity contribution is 0.102. The molecule has 0 aromatic heterocycles. The zero-order valence-electron chi connectivity index (χ0n) is 10.9. The summed E-state index contributed by atoms with van der Waals surface area (Å²) in [5.74, 6) is 3.54. The first kappa shape index (κ1) is 14.7. The molecule has 0 saturated heterocycles. The minimum atomic E-state index is -0.503. The van der Waals surface area contributed by atoms with Gasteiger partial charge in [0.1, 0.15) is 18.2 Å². The van der Waals surface area contributed by atoms with E-state index in [1.165, 1.54) is 36.4 Å². The Balaban J connectivity index is 2.26. The number of nitrogens with one attached hydrogen (secondary N) is 1. The van der Waals surface area contributed by atoms with Crippen molar-refractivity contribution in [1.82, 2.24) is 0 Å². The van der Waals surface area contributed by atoms with Gasteiger partial charge in [-0.2, -0.15) is 0 Å². The van der Waals surface area contributed by atoms with Crippen molar-refractivity contribution in [1.29, 1.82) is 0 Å². The van der Waals surface area contributed by atoms with Crippen LogP contribution in [0.5, 0.6) is 0 Å². The van der Waals surface area contributed by atoms with Crippen LogP contribution in [0.2, 0.25) is 0 Å². The van der Waals surface area contributed by atoms with Crippen LogP contribution in [0.25, 0.3) is 0 Å². The summed E-state index contributed by atoms with van der Waals surface area (Å²) in [7, 11) is 0. The van der Waals surface area contributed by atoms with Gasteiger partial charge in [-0.25, -0.2) is 8.78 Å². The molecule has 0 atom stereocenters. The monoisotopic (exact) mass is 287 g/mol. The third kappa shape index (κ3) is 3.88. The normalized spacial score (nSPS) is 9.67. The maximum atomic E-state index is 13.2. The van der Waals surface area contributed by atoms with Crippen LogP contribution < -0.4 is 5.32 Å². The topological polar surface area (TPSA) is 49.3 Å². The number of benzene rings is 2. The Hall–Kier alpha value is -2.71. The molecule has 0 aliphatic heterocycles. The van der Waals surface area contributed by atoms with Gasteiger partial charge in [-0.3, -0.25) is 4.79 Å². The highest BCUT2D eigenvalue weighted by Crippen LogP contribution is 2.17. The molecule has 3 nitrogen and oxygen atoms in total. The maximum Gasteiger partial charge on any atom is 0.255 e. The highest BCUT2D eigenvalue weighted by Gasteiger charge is 2.09. The standard InChI is InChI=1S/C16H11F2NO2/c17-13-5-3-11(4-6-13)16(21)19-15-8-7-14(18)10-12(15)2-1-9-20/h3-8,10,20H,9H2,(H,19,21). The summed E-state index contributed by atoms with van der Waals surface area (Å²) in [6.45, 7) is -0.373. The Bertz CT molecular complexity index is 715. The Morgan fingerprint density at radius 2 is 1.76 bits per heavy atom. The molecule has 2 N–H and O–H groups in total. The third-order valence-electron chi connectivity index (χ3n) is 2.64. The summed E-state index contributed by atoms with van der Waals surface area (Å²) in [5, 5.41) is 11.3. The zero-order chi connectivity index (χ0) is 15.2. The van der Waals surface area contributed by atoms with Gasteiger partial charge in [0.05, 0.1) is 11.3 Å². The summed E-state index contributed by atoms with van der Waals surface area (Å²) in [5.41, 5.74) is 0.827. The molecule has 0 unspecified atom stereocenters. The van der Waals surface area contributed by atoms with E-state index in [4.69, 9.17) is 5.11 Å². The van der Waals surface area contributed by atoms with Crippen LogP contribution in [0.1, 0.15) is 15.9 Å². The first-order chi connectivity index (χ1) is 10.1. The molecule has 0 bridgehead atoms. The number of aliphatic hydroxyl groups is 1. The summed E-state index contributed by atoms with van der Waals surface area (Å²) in [4.78, 5) is 12.0. The molecule has 21 heavy (non-hydrogen) atoms. The molecular formula is C16H11F2NO2. The smallest absolute Gasteiger partial charge is 0.255 e. The van der Waals surface area contributed by atoms with Crippen molar-refractivity contribution in [3.63, 3.8) is 0 Å². The van der Waals surface area contributed by atoms with Gasteiger partial charge in [-0.15, -0.1) is 0 Å². The van der Waals surface area contributed by atoms with Gasteiger partial charge in [-0.05, 0) is 42.5 Å². The number of carbonyl (C=O) groups is 1. The molecule has 5 heteroatoms. The van der Waals surface area contributed by atoms with Crippen molar-refractivity contribution >= 4 is 11.6 Å². The van der Waals surface area contributed by atoms with E-state index in [0.717, 1.165) is 6.07 Å². The first-order valence-electron chi connectivity index (χ1n) is 6.06. The fourth-order valence-corrected chi connectivity index (χ4v) is 1.66. The second-order valence-corrected chi connectivity index (χ2v) is 4.11. The predicted molar refractivity (Wildman–Crippen MR) is 74.7 cm³/mol. The predicted octanol–water partition coefficient (Wildman–Crippen LogP) is 2.56. The Morgan fingerprint density at radius 1 is 1.10 bits per heavy atom. The molecule has 106 valence electrons. The van der Waals surface area contributed by atoms with Gasteiger partial charge in [0.2, 0.25) is 0 Å². The molecule has 0 heterocycles. The van der Waals surface area contributed by atoms with Crippen LogP contribution in [0.4, 0.5) is 14.5 Å². The van der Waals surface area contributed by atoms with Crippen molar-refractivity contribution in [2.24, 2.45) is 0 Å². The van der Waals surface area contributed by atoms with Crippen LogP contribution in [0.3, 0.4) is 0 Å². The molecular weight excluding hydrogens is 276 g/mol. The van der Waals surface area contributed by atoms with Gasteiger partial charge in [0.25, 0.3) is 5.91 Å². The van der Waals surface area contributed by atoms with E-state index in [9.17, 15) is 13.6 Å². The molecule has 2 aromatic carbocycles. The van der Waals surface area contributed by atoms with Crippen molar-refractivity contribution in [3.05, 3.63) is 65.2 Å². The molecule has 0 fully saturated rings.